The number of halogens is 2. The van der Waals surface area contributed by atoms with Crippen LogP contribution >= 0.6 is 35.0 Å². The molecule has 0 aromatic heterocycles. The normalized spacial score (nSPS) is 11.4. The van der Waals surface area contributed by atoms with E-state index in [1.54, 1.807) is 30.0 Å². The molecule has 1 aromatic rings. The number of carbonyl (C=O) groups excluding carboxylic acids is 1. The Morgan fingerprint density at radius 2 is 1.89 bits per heavy atom. The Bertz CT molecular complexity index is 432. The highest BCUT2D eigenvalue weighted by molar-refractivity contribution is 7.99. The van der Waals surface area contributed by atoms with E-state index < -0.39 is 0 Å². The number of carbonyl (C=O) groups is 1. The van der Waals surface area contributed by atoms with E-state index in [0.29, 0.717) is 15.7 Å². The molecule has 3 nitrogen and oxygen atoms in total. The smallest absolute Gasteiger partial charge is 0.238 e. The molecule has 0 saturated heterocycles. The molecule has 0 unspecified atom stereocenters. The molecule has 0 saturated carbocycles. The molecule has 0 radical (unpaired) electrons. The van der Waals surface area contributed by atoms with Gasteiger partial charge in [0.1, 0.15) is 0 Å². The molecule has 106 valence electrons. The van der Waals surface area contributed by atoms with Crippen molar-refractivity contribution in [1.82, 2.24) is 5.32 Å². The van der Waals surface area contributed by atoms with Gasteiger partial charge in [0.2, 0.25) is 5.91 Å². The molecule has 0 spiro atoms. The lowest BCUT2D eigenvalue weighted by Gasteiger charge is -2.22. The fraction of sp³-hybridized carbons (Fsp3) is 0.462. The summed E-state index contributed by atoms with van der Waals surface area (Å²) in [7, 11) is 0. The number of amides is 1. The summed E-state index contributed by atoms with van der Waals surface area (Å²) in [6, 6.07) is 5.11. The summed E-state index contributed by atoms with van der Waals surface area (Å²) >= 11 is 13.7. The Morgan fingerprint density at radius 1 is 1.32 bits per heavy atom. The summed E-state index contributed by atoms with van der Waals surface area (Å²) in [5, 5.41) is 6.70. The minimum atomic E-state index is -0.160. The lowest BCUT2D eigenvalue weighted by Crippen LogP contribution is -2.37. The first-order chi connectivity index (χ1) is 8.85. The van der Waals surface area contributed by atoms with Crippen molar-refractivity contribution in [3.05, 3.63) is 28.2 Å². The molecule has 1 aromatic carbocycles. The van der Waals surface area contributed by atoms with Crippen LogP contribution in [0.5, 0.6) is 0 Å². The van der Waals surface area contributed by atoms with Crippen LogP contribution in [0.15, 0.2) is 18.2 Å². The van der Waals surface area contributed by atoms with Gasteiger partial charge >= 0.3 is 0 Å². The third-order valence-corrected chi connectivity index (χ3v) is 4.50. The lowest BCUT2D eigenvalue weighted by atomic mass is 10.2. The molecule has 0 aliphatic rings. The van der Waals surface area contributed by atoms with Gasteiger partial charge in [-0.2, -0.15) is 11.8 Å². The molecule has 19 heavy (non-hydrogen) atoms. The van der Waals surface area contributed by atoms with Gasteiger partial charge < -0.3 is 10.6 Å². The highest BCUT2D eigenvalue weighted by Gasteiger charge is 2.16. The number of hydrogen-bond acceptors (Lipinski definition) is 3. The van der Waals surface area contributed by atoms with Crippen molar-refractivity contribution in [2.75, 3.05) is 24.7 Å². The largest absolute Gasteiger partial charge is 0.322 e. The molecule has 2 N–H and O–H groups in total. The molecule has 0 heterocycles. The molecule has 0 fully saturated rings. The van der Waals surface area contributed by atoms with Crippen molar-refractivity contribution in [1.29, 1.82) is 0 Å². The van der Waals surface area contributed by atoms with E-state index in [9.17, 15) is 4.79 Å². The van der Waals surface area contributed by atoms with Crippen LogP contribution in [0, 0.1) is 0 Å². The minimum Gasteiger partial charge on any atom is -0.322 e. The molecule has 0 bridgehead atoms. The van der Waals surface area contributed by atoms with Crippen molar-refractivity contribution in [3.63, 3.8) is 0 Å². The predicted octanol–water partition coefficient (Wildman–Crippen LogP) is 3.66. The maximum Gasteiger partial charge on any atom is 0.238 e. The number of thioether (sulfide) groups is 1. The SMILES string of the molecule is CSC(C)(C)CNCC(=O)Nc1c(Cl)cccc1Cl. The van der Waals surface area contributed by atoms with E-state index in [-0.39, 0.29) is 17.2 Å². The van der Waals surface area contributed by atoms with Gasteiger partial charge in [-0.3, -0.25) is 4.79 Å². The van der Waals surface area contributed by atoms with Crippen LogP contribution < -0.4 is 10.6 Å². The van der Waals surface area contributed by atoms with Crippen molar-refractivity contribution < 1.29 is 4.79 Å². The second kappa shape index (κ2) is 7.39. The number of hydrogen-bond donors (Lipinski definition) is 2. The van der Waals surface area contributed by atoms with Crippen LogP contribution in [-0.4, -0.2) is 30.0 Å². The predicted molar refractivity (Wildman–Crippen MR) is 85.6 cm³/mol. The standard InChI is InChI=1S/C13H18Cl2N2OS/c1-13(2,19-3)8-16-7-11(18)17-12-9(14)5-4-6-10(12)15/h4-6,16H,7-8H2,1-3H3,(H,17,18). The van der Waals surface area contributed by atoms with Crippen molar-refractivity contribution in [2.24, 2.45) is 0 Å². The first kappa shape index (κ1) is 16.6. The van der Waals surface area contributed by atoms with Crippen LogP contribution in [0.25, 0.3) is 0 Å². The number of rotatable bonds is 6. The van der Waals surface area contributed by atoms with E-state index in [0.717, 1.165) is 6.54 Å². The van der Waals surface area contributed by atoms with Crippen molar-refractivity contribution in [3.8, 4) is 0 Å². The highest BCUT2D eigenvalue weighted by Crippen LogP contribution is 2.29. The zero-order valence-corrected chi connectivity index (χ0v) is 13.5. The summed E-state index contributed by atoms with van der Waals surface area (Å²) in [5.74, 6) is -0.160. The van der Waals surface area contributed by atoms with E-state index in [1.807, 2.05) is 6.26 Å². The summed E-state index contributed by atoms with van der Waals surface area (Å²) < 4.78 is 0.0995. The first-order valence-electron chi connectivity index (χ1n) is 5.85. The van der Waals surface area contributed by atoms with Gasteiger partial charge in [-0.15, -0.1) is 0 Å². The average molecular weight is 321 g/mol. The zero-order valence-electron chi connectivity index (χ0n) is 11.2. The summed E-state index contributed by atoms with van der Waals surface area (Å²) in [6.07, 6.45) is 2.05. The molecule has 6 heteroatoms. The van der Waals surface area contributed by atoms with Crippen molar-refractivity contribution >= 4 is 46.6 Å². The first-order valence-corrected chi connectivity index (χ1v) is 7.83. The summed E-state index contributed by atoms with van der Waals surface area (Å²) in [6.45, 7) is 5.21. The number of anilines is 1. The van der Waals surface area contributed by atoms with Gasteiger partial charge in [-0.05, 0) is 32.2 Å². The second-order valence-electron chi connectivity index (χ2n) is 4.71. The van der Waals surface area contributed by atoms with Crippen LogP contribution in [0.1, 0.15) is 13.8 Å². The lowest BCUT2D eigenvalue weighted by molar-refractivity contribution is -0.115. The van der Waals surface area contributed by atoms with E-state index in [1.165, 1.54) is 0 Å². The van der Waals surface area contributed by atoms with Gasteiger partial charge in [0.05, 0.1) is 22.3 Å². The second-order valence-corrected chi connectivity index (χ2v) is 7.04. The third-order valence-electron chi connectivity index (χ3n) is 2.62. The van der Waals surface area contributed by atoms with E-state index in [2.05, 4.69) is 24.5 Å². The van der Waals surface area contributed by atoms with E-state index in [4.69, 9.17) is 23.2 Å². The van der Waals surface area contributed by atoms with Gasteiger partial charge in [0.15, 0.2) is 0 Å². The summed E-state index contributed by atoms with van der Waals surface area (Å²) in [4.78, 5) is 11.8. The van der Waals surface area contributed by atoms with Crippen LogP contribution in [0.2, 0.25) is 10.0 Å². The van der Waals surface area contributed by atoms with Crippen LogP contribution in [0.3, 0.4) is 0 Å². The van der Waals surface area contributed by atoms with Crippen LogP contribution in [0.4, 0.5) is 5.69 Å². The number of benzene rings is 1. The minimum absolute atomic E-state index is 0.0995. The number of nitrogens with one attached hydrogen (secondary N) is 2. The summed E-state index contributed by atoms with van der Waals surface area (Å²) in [5.41, 5.74) is 0.460. The molecule has 0 atom stereocenters. The fourth-order valence-electron chi connectivity index (χ4n) is 1.35. The Balaban J connectivity index is 2.48. The molecule has 1 amide bonds. The quantitative estimate of drug-likeness (QED) is 0.840. The molecule has 1 rings (SSSR count). The average Bonchev–Trinajstić information content (AvgIpc) is 2.34. The topological polar surface area (TPSA) is 41.1 Å². The highest BCUT2D eigenvalue weighted by atomic mass is 35.5. The Labute approximate surface area is 128 Å². The van der Waals surface area contributed by atoms with Gasteiger partial charge in [-0.25, -0.2) is 0 Å². The van der Waals surface area contributed by atoms with Gasteiger partial charge in [0.25, 0.3) is 0 Å². The van der Waals surface area contributed by atoms with Crippen LogP contribution in [-0.2, 0) is 4.79 Å². The monoisotopic (exact) mass is 320 g/mol. The number of para-hydroxylation sites is 1. The molecular formula is C13H18Cl2N2OS. The molecular weight excluding hydrogens is 303 g/mol. The van der Waals surface area contributed by atoms with Gasteiger partial charge in [0, 0.05) is 11.3 Å². The zero-order chi connectivity index (χ0) is 14.5. The van der Waals surface area contributed by atoms with Crippen molar-refractivity contribution in [2.45, 2.75) is 18.6 Å². The molecule has 0 aliphatic heterocycles. The molecule has 0 aliphatic carbocycles. The Kier molecular flexibility index (Phi) is 6.47. The fourth-order valence-corrected chi connectivity index (χ4v) is 2.09. The maximum absolute atomic E-state index is 11.8. The Hall–Kier alpha value is -0.420. The van der Waals surface area contributed by atoms with E-state index >= 15 is 0 Å². The van der Waals surface area contributed by atoms with Gasteiger partial charge in [-0.1, -0.05) is 29.3 Å². The third kappa shape index (κ3) is 5.61. The maximum atomic E-state index is 11.8. The Morgan fingerprint density at radius 3 is 2.42 bits per heavy atom.